The molecule has 0 radical (unpaired) electrons. The summed E-state index contributed by atoms with van der Waals surface area (Å²) in [6.45, 7) is 0.639. The fraction of sp³-hybridized carbons (Fsp3) is 0.316. The predicted molar refractivity (Wildman–Crippen MR) is 101 cm³/mol. The van der Waals surface area contributed by atoms with Crippen molar-refractivity contribution in [2.45, 2.75) is 19.4 Å². The van der Waals surface area contributed by atoms with Gasteiger partial charge in [-0.2, -0.15) is 0 Å². The number of carbonyl (C=O) groups excluding carboxylic acids is 1. The van der Waals surface area contributed by atoms with Crippen molar-refractivity contribution >= 4 is 23.2 Å². The first-order valence-electron chi connectivity index (χ1n) is 8.55. The topological polar surface area (TPSA) is 59.6 Å². The van der Waals surface area contributed by atoms with Gasteiger partial charge in [0.25, 0.3) is 11.5 Å². The third-order valence-corrected chi connectivity index (χ3v) is 4.96. The summed E-state index contributed by atoms with van der Waals surface area (Å²) in [6, 6.07) is 7.46. The number of rotatable bonds is 4. The average molecular weight is 371 g/mol. The van der Waals surface area contributed by atoms with Gasteiger partial charge in [0.05, 0.1) is 5.69 Å². The Balaban J connectivity index is 1.96. The summed E-state index contributed by atoms with van der Waals surface area (Å²) in [5.41, 5.74) is 1.84. The Kier molecular flexibility index (Phi) is 4.07. The molecule has 3 aromatic rings. The Morgan fingerprint density at radius 2 is 2.00 bits per heavy atom. The molecule has 2 heterocycles. The minimum atomic E-state index is -0.235. The molecule has 2 aromatic heterocycles. The van der Waals surface area contributed by atoms with E-state index in [9.17, 15) is 9.59 Å². The molecule has 0 N–H and O–H groups in total. The zero-order valence-electron chi connectivity index (χ0n) is 14.6. The first-order valence-corrected chi connectivity index (χ1v) is 8.92. The van der Waals surface area contributed by atoms with Gasteiger partial charge >= 0.3 is 0 Å². The molecule has 26 heavy (non-hydrogen) atoms. The summed E-state index contributed by atoms with van der Waals surface area (Å²) in [7, 11) is 3.32. The number of benzene rings is 1. The molecule has 134 valence electrons. The van der Waals surface area contributed by atoms with Gasteiger partial charge in [0.15, 0.2) is 0 Å². The van der Waals surface area contributed by atoms with Crippen molar-refractivity contribution in [1.82, 2.24) is 18.9 Å². The molecule has 0 bridgehead atoms. The highest BCUT2D eigenvalue weighted by molar-refractivity contribution is 6.33. The number of nitrogens with zero attached hydrogens (tertiary/aromatic N) is 4. The molecule has 7 heteroatoms. The maximum atomic E-state index is 13.1. The van der Waals surface area contributed by atoms with Crippen molar-refractivity contribution in [3.63, 3.8) is 0 Å². The largest absolute Gasteiger partial charge is 0.343 e. The second-order valence-electron chi connectivity index (χ2n) is 6.91. The van der Waals surface area contributed by atoms with Gasteiger partial charge in [-0.3, -0.25) is 14.0 Å². The molecule has 1 aromatic carbocycles. The van der Waals surface area contributed by atoms with Crippen LogP contribution in [0, 0.1) is 5.92 Å². The van der Waals surface area contributed by atoms with Crippen LogP contribution in [0.5, 0.6) is 0 Å². The van der Waals surface area contributed by atoms with Crippen LogP contribution in [-0.4, -0.2) is 38.9 Å². The minimum absolute atomic E-state index is 0.202. The number of hydrogen-bond acceptors (Lipinski definition) is 3. The lowest BCUT2D eigenvalue weighted by Crippen LogP contribution is -2.25. The Hall–Kier alpha value is -2.60. The highest BCUT2D eigenvalue weighted by atomic mass is 35.5. The molecule has 6 nitrogen and oxygen atoms in total. The summed E-state index contributed by atoms with van der Waals surface area (Å²) in [6.07, 6.45) is 5.68. The van der Waals surface area contributed by atoms with Crippen LogP contribution in [-0.2, 0) is 6.54 Å². The van der Waals surface area contributed by atoms with Gasteiger partial charge in [-0.15, -0.1) is 0 Å². The number of aromatic nitrogens is 3. The molecule has 0 saturated heterocycles. The fourth-order valence-corrected chi connectivity index (χ4v) is 3.27. The SMILES string of the molecule is CN(C)C(=O)c1cn2cc(-c3ccccc3Cl)n(CC3CC3)c(=O)c2n1. The first-order chi connectivity index (χ1) is 12.5. The molecule has 4 rings (SSSR count). The van der Waals surface area contributed by atoms with Crippen LogP contribution in [0.4, 0.5) is 0 Å². The minimum Gasteiger partial charge on any atom is -0.343 e. The number of fused-ring (bicyclic) bond motifs is 1. The van der Waals surface area contributed by atoms with Crippen molar-refractivity contribution < 1.29 is 4.79 Å². The van der Waals surface area contributed by atoms with E-state index in [1.807, 2.05) is 30.5 Å². The van der Waals surface area contributed by atoms with Crippen LogP contribution in [0.15, 0.2) is 41.5 Å². The summed E-state index contributed by atoms with van der Waals surface area (Å²) in [5, 5.41) is 0.584. The molecule has 0 spiro atoms. The van der Waals surface area contributed by atoms with E-state index in [1.165, 1.54) is 4.90 Å². The Labute approximate surface area is 155 Å². The molecule has 0 atom stereocenters. The summed E-state index contributed by atoms with van der Waals surface area (Å²) >= 11 is 6.38. The molecule has 1 aliphatic carbocycles. The van der Waals surface area contributed by atoms with Gasteiger partial charge in [-0.05, 0) is 24.8 Å². The highest BCUT2D eigenvalue weighted by Gasteiger charge is 2.25. The van der Waals surface area contributed by atoms with E-state index in [0.29, 0.717) is 17.5 Å². The maximum Gasteiger partial charge on any atom is 0.294 e. The molecular formula is C19H19ClN4O2. The zero-order valence-corrected chi connectivity index (χ0v) is 15.4. The zero-order chi connectivity index (χ0) is 18.4. The van der Waals surface area contributed by atoms with E-state index < -0.39 is 0 Å². The van der Waals surface area contributed by atoms with Crippen molar-refractivity contribution in [1.29, 1.82) is 0 Å². The quantitative estimate of drug-likeness (QED) is 0.709. The third kappa shape index (κ3) is 2.90. The number of amides is 1. The highest BCUT2D eigenvalue weighted by Crippen LogP contribution is 2.33. The van der Waals surface area contributed by atoms with Gasteiger partial charge in [0, 0.05) is 43.6 Å². The molecule has 0 aliphatic heterocycles. The van der Waals surface area contributed by atoms with Crippen LogP contribution < -0.4 is 5.56 Å². The van der Waals surface area contributed by atoms with E-state index in [4.69, 9.17) is 11.6 Å². The third-order valence-electron chi connectivity index (χ3n) is 4.63. The summed E-state index contributed by atoms with van der Waals surface area (Å²) < 4.78 is 3.37. The van der Waals surface area contributed by atoms with Gasteiger partial charge in [-0.1, -0.05) is 29.8 Å². The second kappa shape index (κ2) is 6.29. The van der Waals surface area contributed by atoms with E-state index in [0.717, 1.165) is 24.1 Å². The number of imidazole rings is 1. The average Bonchev–Trinajstić information content (AvgIpc) is 3.33. The van der Waals surface area contributed by atoms with Crippen LogP contribution in [0.1, 0.15) is 23.3 Å². The molecule has 1 aliphatic rings. The van der Waals surface area contributed by atoms with Gasteiger partial charge < -0.3 is 9.47 Å². The molecule has 1 amide bonds. The summed E-state index contributed by atoms with van der Waals surface area (Å²) in [4.78, 5) is 31.1. The molecule has 0 unspecified atom stereocenters. The standard InChI is InChI=1S/C19H19ClN4O2/c1-22(2)18(25)15-10-23-11-16(13-5-3-4-6-14(13)20)24(9-12-7-8-12)19(26)17(23)21-15/h3-6,10-12H,7-9H2,1-2H3. The number of hydrogen-bond donors (Lipinski definition) is 0. The second-order valence-corrected chi connectivity index (χ2v) is 7.32. The van der Waals surface area contributed by atoms with Crippen LogP contribution in [0.2, 0.25) is 5.02 Å². The smallest absolute Gasteiger partial charge is 0.294 e. The lowest BCUT2D eigenvalue weighted by Gasteiger charge is -2.14. The van der Waals surface area contributed by atoms with Gasteiger partial charge in [0.1, 0.15) is 5.69 Å². The number of halogens is 1. The van der Waals surface area contributed by atoms with Gasteiger partial charge in [0.2, 0.25) is 5.65 Å². The van der Waals surface area contributed by atoms with E-state index in [1.54, 1.807) is 29.3 Å². The molecule has 1 saturated carbocycles. The lowest BCUT2D eigenvalue weighted by atomic mass is 10.1. The van der Waals surface area contributed by atoms with Crippen LogP contribution >= 0.6 is 11.6 Å². The summed E-state index contributed by atoms with van der Waals surface area (Å²) in [5.74, 6) is 0.273. The lowest BCUT2D eigenvalue weighted by molar-refractivity contribution is 0.0822. The predicted octanol–water partition coefficient (Wildman–Crippen LogP) is 2.93. The van der Waals surface area contributed by atoms with E-state index in [2.05, 4.69) is 4.98 Å². The maximum absolute atomic E-state index is 13.1. The van der Waals surface area contributed by atoms with Crippen LogP contribution in [0.3, 0.4) is 0 Å². The van der Waals surface area contributed by atoms with Crippen molar-refractivity contribution in [2.24, 2.45) is 5.92 Å². The van der Waals surface area contributed by atoms with Crippen molar-refractivity contribution in [3.8, 4) is 11.3 Å². The van der Waals surface area contributed by atoms with E-state index in [-0.39, 0.29) is 22.8 Å². The van der Waals surface area contributed by atoms with Crippen molar-refractivity contribution in [2.75, 3.05) is 14.1 Å². The Bertz CT molecular complexity index is 1060. The first kappa shape index (κ1) is 16.8. The van der Waals surface area contributed by atoms with Crippen molar-refractivity contribution in [3.05, 3.63) is 57.7 Å². The Morgan fingerprint density at radius 1 is 1.27 bits per heavy atom. The normalized spacial score (nSPS) is 14.0. The molecule has 1 fully saturated rings. The van der Waals surface area contributed by atoms with Gasteiger partial charge in [-0.25, -0.2) is 4.98 Å². The number of carbonyl (C=O) groups is 1. The van der Waals surface area contributed by atoms with Crippen LogP contribution in [0.25, 0.3) is 16.9 Å². The Morgan fingerprint density at radius 3 is 2.65 bits per heavy atom. The monoisotopic (exact) mass is 370 g/mol. The fourth-order valence-electron chi connectivity index (χ4n) is 3.04. The molecular weight excluding hydrogens is 352 g/mol. The van der Waals surface area contributed by atoms with E-state index >= 15 is 0 Å².